The zero-order chi connectivity index (χ0) is 11.9. The molecule has 7 nitrogen and oxygen atoms in total. The average Bonchev–Trinajstić information content (AvgIpc) is 1.99. The van der Waals surface area contributed by atoms with E-state index in [1.807, 2.05) is 0 Å². The molecule has 1 aromatic carbocycles. The molecular formula is C6H5Li2NO6S2. The quantitative estimate of drug-likeness (QED) is 0.318. The van der Waals surface area contributed by atoms with E-state index in [9.17, 15) is 25.9 Å². The largest absolute Gasteiger partial charge is 1.00 e. The van der Waals surface area contributed by atoms with Crippen LogP contribution in [0.1, 0.15) is 0 Å². The van der Waals surface area contributed by atoms with E-state index in [-0.39, 0.29) is 43.4 Å². The van der Waals surface area contributed by atoms with Gasteiger partial charge in [0.25, 0.3) is 0 Å². The molecule has 0 amide bonds. The number of hydrogen-bond donors (Lipinski definition) is 1. The standard InChI is InChI=1S/C6H7NO6S2.2Li/c7-4-1-5(14(8,9)10)3-6(2-4)15(11,12)13;;/h1-3H,7H2,(H,8,9,10)(H,11,12,13);;/q;2*+1/p-2. The first-order valence-electron chi connectivity index (χ1n) is 3.43. The summed E-state index contributed by atoms with van der Waals surface area (Å²) in [4.78, 5) is -1.70. The maximum Gasteiger partial charge on any atom is 1.00 e. The molecule has 1 aromatic rings. The normalized spacial score (nSPS) is 11.2. The Hall–Kier alpha value is 0.0348. The third-order valence-electron chi connectivity index (χ3n) is 1.48. The molecule has 1 rings (SSSR count). The zero-order valence-electron chi connectivity index (χ0n) is 9.08. The minimum atomic E-state index is -4.84. The van der Waals surface area contributed by atoms with Gasteiger partial charge in [0.15, 0.2) is 0 Å². The minimum absolute atomic E-state index is 0. The zero-order valence-corrected chi connectivity index (χ0v) is 10.7. The fourth-order valence-corrected chi connectivity index (χ4v) is 2.06. The Morgan fingerprint density at radius 3 is 1.35 bits per heavy atom. The molecule has 0 aliphatic rings. The Morgan fingerprint density at radius 1 is 0.824 bits per heavy atom. The van der Waals surface area contributed by atoms with Crippen molar-refractivity contribution in [3.63, 3.8) is 0 Å². The molecule has 0 aliphatic heterocycles. The van der Waals surface area contributed by atoms with Crippen LogP contribution in [0.25, 0.3) is 0 Å². The fourth-order valence-electron chi connectivity index (χ4n) is 0.882. The number of hydrogen-bond acceptors (Lipinski definition) is 7. The van der Waals surface area contributed by atoms with Gasteiger partial charge in [0.05, 0.1) is 9.79 Å². The number of anilines is 1. The molecule has 0 unspecified atom stereocenters. The predicted molar refractivity (Wildman–Crippen MR) is 46.8 cm³/mol. The van der Waals surface area contributed by atoms with Crippen molar-refractivity contribution in [3.8, 4) is 0 Å². The van der Waals surface area contributed by atoms with Crippen molar-refractivity contribution in [1.29, 1.82) is 0 Å². The summed E-state index contributed by atoms with van der Waals surface area (Å²) in [7, 11) is -9.68. The molecule has 0 bridgehead atoms. The summed E-state index contributed by atoms with van der Waals surface area (Å²) in [6.07, 6.45) is 0. The van der Waals surface area contributed by atoms with Crippen molar-refractivity contribution >= 4 is 25.9 Å². The van der Waals surface area contributed by atoms with Gasteiger partial charge >= 0.3 is 37.7 Å². The monoisotopic (exact) mass is 265 g/mol. The predicted octanol–water partition coefficient (Wildman–Crippen LogP) is -6.92. The van der Waals surface area contributed by atoms with Crippen molar-refractivity contribution in [2.24, 2.45) is 0 Å². The Bertz CT molecular complexity index is 547. The second-order valence-corrected chi connectivity index (χ2v) is 5.41. The first-order chi connectivity index (χ1) is 6.60. The van der Waals surface area contributed by atoms with Gasteiger partial charge in [-0.15, -0.1) is 0 Å². The Balaban J connectivity index is 0. The number of benzene rings is 1. The molecule has 0 heterocycles. The molecule has 84 valence electrons. The molecule has 2 N–H and O–H groups in total. The molecule has 0 saturated heterocycles. The van der Waals surface area contributed by atoms with Gasteiger partial charge in [-0.3, -0.25) is 0 Å². The van der Waals surface area contributed by atoms with E-state index < -0.39 is 30.0 Å². The van der Waals surface area contributed by atoms with Crippen LogP contribution in [0.5, 0.6) is 0 Å². The smallest absolute Gasteiger partial charge is 0.744 e. The minimum Gasteiger partial charge on any atom is -0.744 e. The summed E-state index contributed by atoms with van der Waals surface area (Å²) in [5.74, 6) is 0. The molecule has 0 saturated carbocycles. The van der Waals surface area contributed by atoms with Crippen molar-refractivity contribution in [2.45, 2.75) is 9.79 Å². The van der Waals surface area contributed by atoms with Crippen LogP contribution < -0.4 is 43.5 Å². The van der Waals surface area contributed by atoms with Crippen LogP contribution in [0.2, 0.25) is 0 Å². The van der Waals surface area contributed by atoms with Gasteiger partial charge in [0.2, 0.25) is 0 Å². The second-order valence-electron chi connectivity index (χ2n) is 2.65. The SMILES string of the molecule is Nc1cc(S(=O)(=O)[O-])cc(S(=O)(=O)[O-])c1.[Li+].[Li+]. The summed E-state index contributed by atoms with van der Waals surface area (Å²) in [5, 5.41) is 0. The second kappa shape index (κ2) is 6.27. The number of rotatable bonds is 2. The summed E-state index contributed by atoms with van der Waals surface area (Å²) < 4.78 is 63.3. The van der Waals surface area contributed by atoms with Crippen molar-refractivity contribution in [3.05, 3.63) is 18.2 Å². The van der Waals surface area contributed by atoms with E-state index in [1.54, 1.807) is 0 Å². The molecule has 0 radical (unpaired) electrons. The van der Waals surface area contributed by atoms with Gasteiger partial charge in [-0.2, -0.15) is 0 Å². The van der Waals surface area contributed by atoms with Gasteiger partial charge < -0.3 is 14.8 Å². The number of nitrogens with two attached hydrogens (primary N) is 1. The van der Waals surface area contributed by atoms with E-state index in [0.29, 0.717) is 6.07 Å². The molecule has 0 atom stereocenters. The number of nitrogen functional groups attached to an aromatic ring is 1. The summed E-state index contributed by atoms with van der Waals surface area (Å²) in [6.45, 7) is 0. The third-order valence-corrected chi connectivity index (χ3v) is 3.11. The first kappa shape index (κ1) is 19.4. The Morgan fingerprint density at radius 2 is 1.12 bits per heavy atom. The molecular weight excluding hydrogens is 260 g/mol. The van der Waals surface area contributed by atoms with Crippen LogP contribution >= 0.6 is 0 Å². The van der Waals surface area contributed by atoms with E-state index in [2.05, 4.69) is 0 Å². The molecule has 11 heteroatoms. The van der Waals surface area contributed by atoms with Crippen LogP contribution in [0, 0.1) is 0 Å². The van der Waals surface area contributed by atoms with E-state index in [4.69, 9.17) is 5.73 Å². The maximum absolute atomic E-state index is 10.6. The van der Waals surface area contributed by atoms with Gasteiger partial charge in [-0.05, 0) is 18.2 Å². The molecule has 0 fully saturated rings. The fraction of sp³-hybridized carbons (Fsp3) is 0. The van der Waals surface area contributed by atoms with Crippen LogP contribution in [0.15, 0.2) is 28.0 Å². The molecule has 0 spiro atoms. The Kier molecular flexibility index (Phi) is 7.15. The van der Waals surface area contributed by atoms with Crippen LogP contribution in [0.3, 0.4) is 0 Å². The summed E-state index contributed by atoms with van der Waals surface area (Å²) >= 11 is 0. The topological polar surface area (TPSA) is 140 Å². The van der Waals surface area contributed by atoms with Crippen LogP contribution in [-0.4, -0.2) is 25.9 Å². The van der Waals surface area contributed by atoms with Gasteiger partial charge in [-0.1, -0.05) is 0 Å². The molecule has 0 aliphatic carbocycles. The first-order valence-corrected chi connectivity index (χ1v) is 6.25. The van der Waals surface area contributed by atoms with E-state index in [0.717, 1.165) is 12.1 Å². The van der Waals surface area contributed by atoms with Gasteiger partial charge in [0.1, 0.15) is 20.2 Å². The van der Waals surface area contributed by atoms with Gasteiger partial charge in [0, 0.05) is 5.69 Å². The summed E-state index contributed by atoms with van der Waals surface area (Å²) in [5.41, 5.74) is 4.86. The van der Waals surface area contributed by atoms with E-state index in [1.165, 1.54) is 0 Å². The van der Waals surface area contributed by atoms with Crippen molar-refractivity contribution < 1.29 is 63.7 Å². The van der Waals surface area contributed by atoms with Crippen LogP contribution in [-0.2, 0) is 20.2 Å². The third kappa shape index (κ3) is 5.47. The average molecular weight is 265 g/mol. The molecule has 17 heavy (non-hydrogen) atoms. The van der Waals surface area contributed by atoms with Gasteiger partial charge in [-0.25, -0.2) is 16.8 Å². The Labute approximate surface area is 123 Å². The summed E-state index contributed by atoms with van der Waals surface area (Å²) in [6, 6.07) is 2.02. The van der Waals surface area contributed by atoms with Crippen molar-refractivity contribution in [1.82, 2.24) is 0 Å². The molecule has 0 aromatic heterocycles. The van der Waals surface area contributed by atoms with Crippen LogP contribution in [0.4, 0.5) is 5.69 Å². The van der Waals surface area contributed by atoms with E-state index >= 15 is 0 Å². The van der Waals surface area contributed by atoms with Crippen molar-refractivity contribution in [2.75, 3.05) is 5.73 Å². The maximum atomic E-state index is 10.6.